The zero-order valence-electron chi connectivity index (χ0n) is 12.9. The van der Waals surface area contributed by atoms with E-state index in [0.29, 0.717) is 11.1 Å². The molecule has 130 valence electrons. The van der Waals surface area contributed by atoms with E-state index in [9.17, 15) is 18.0 Å². The van der Waals surface area contributed by atoms with Gasteiger partial charge < -0.3 is 9.15 Å². The summed E-state index contributed by atoms with van der Waals surface area (Å²) in [6.45, 7) is 0. The van der Waals surface area contributed by atoms with Gasteiger partial charge in [-0.25, -0.2) is 4.79 Å². The first-order chi connectivity index (χ1) is 11.8. The van der Waals surface area contributed by atoms with Crippen LogP contribution in [0.5, 0.6) is 5.75 Å². The number of carbonyl (C=O) groups is 1. The van der Waals surface area contributed by atoms with Gasteiger partial charge in [-0.1, -0.05) is 0 Å². The van der Waals surface area contributed by atoms with Crippen LogP contribution in [0.4, 0.5) is 0 Å². The normalized spacial score (nSPS) is 11.0. The Balaban J connectivity index is 0.00000243. The van der Waals surface area contributed by atoms with Gasteiger partial charge in [-0.05, 0) is 42.5 Å². The third kappa shape index (κ3) is 4.05. The summed E-state index contributed by atoms with van der Waals surface area (Å²) in [7, 11) is -2.88. The maximum absolute atomic E-state index is 12.5. The van der Waals surface area contributed by atoms with Gasteiger partial charge in [0.25, 0.3) is 10.1 Å². The van der Waals surface area contributed by atoms with E-state index in [2.05, 4.69) is 0 Å². The van der Waals surface area contributed by atoms with Crippen molar-refractivity contribution in [1.82, 2.24) is 0 Å². The SMILES string of the molecule is COc1ccc2cc(C(=O)c3ccc(S(=O)(=O)O)cc3)c(=O)oc2c1.[NaH]. The molecule has 9 heteroatoms. The molecule has 1 N–H and O–H groups in total. The molecule has 0 radical (unpaired) electrons. The first-order valence-corrected chi connectivity index (χ1v) is 8.48. The topological polar surface area (TPSA) is 111 Å². The molecule has 7 nitrogen and oxygen atoms in total. The van der Waals surface area contributed by atoms with Gasteiger partial charge in [0, 0.05) is 17.0 Å². The number of hydrogen-bond acceptors (Lipinski definition) is 6. The van der Waals surface area contributed by atoms with E-state index in [1.165, 1.54) is 31.4 Å². The van der Waals surface area contributed by atoms with Crippen molar-refractivity contribution in [2.24, 2.45) is 0 Å². The van der Waals surface area contributed by atoms with Crippen LogP contribution >= 0.6 is 0 Å². The summed E-state index contributed by atoms with van der Waals surface area (Å²) < 4.78 is 41.2. The summed E-state index contributed by atoms with van der Waals surface area (Å²) in [4.78, 5) is 24.3. The second-order valence-corrected chi connectivity index (χ2v) is 6.60. The first kappa shape index (κ1) is 20.3. The van der Waals surface area contributed by atoms with Crippen molar-refractivity contribution in [2.45, 2.75) is 4.90 Å². The van der Waals surface area contributed by atoms with Gasteiger partial charge in [0.1, 0.15) is 16.9 Å². The predicted octanol–water partition coefficient (Wildman–Crippen LogP) is 1.63. The van der Waals surface area contributed by atoms with Gasteiger partial charge in [0.2, 0.25) is 0 Å². The molecule has 0 saturated carbocycles. The fraction of sp³-hybridized carbons (Fsp3) is 0.0588. The molecule has 0 atom stereocenters. The predicted molar refractivity (Wildman–Crippen MR) is 95.9 cm³/mol. The summed E-state index contributed by atoms with van der Waals surface area (Å²) in [5, 5.41) is 0.540. The summed E-state index contributed by atoms with van der Waals surface area (Å²) in [6, 6.07) is 10.8. The summed E-state index contributed by atoms with van der Waals surface area (Å²) >= 11 is 0. The Labute approximate surface area is 170 Å². The Morgan fingerprint density at radius 1 is 1.08 bits per heavy atom. The van der Waals surface area contributed by atoms with Crippen molar-refractivity contribution in [3.05, 3.63) is 70.1 Å². The molecule has 0 saturated heterocycles. The standard InChI is InChI=1S/C17H12O7S.Na.H/c1-23-12-5-2-11-8-14(17(19)24-15(11)9-12)16(18)10-3-6-13(7-4-10)25(20,21)22;;/h2-9H,1H3,(H,20,21,22);;. The average Bonchev–Trinajstić information content (AvgIpc) is 2.59. The van der Waals surface area contributed by atoms with Crippen molar-refractivity contribution in [2.75, 3.05) is 7.11 Å². The molecule has 0 unspecified atom stereocenters. The molecular formula is C17H13NaO7S. The molecule has 0 bridgehead atoms. The third-order valence-electron chi connectivity index (χ3n) is 3.60. The second-order valence-electron chi connectivity index (χ2n) is 5.18. The van der Waals surface area contributed by atoms with Crippen LogP contribution in [0, 0.1) is 0 Å². The van der Waals surface area contributed by atoms with E-state index in [4.69, 9.17) is 13.7 Å². The summed E-state index contributed by atoms with van der Waals surface area (Å²) in [5.41, 5.74) is -0.628. The van der Waals surface area contributed by atoms with Gasteiger partial charge in [-0.15, -0.1) is 0 Å². The van der Waals surface area contributed by atoms with Gasteiger partial charge in [-0.2, -0.15) is 8.42 Å². The molecule has 0 aliphatic rings. The van der Waals surface area contributed by atoms with Gasteiger partial charge in [0.15, 0.2) is 5.78 Å². The number of hydrogen-bond donors (Lipinski definition) is 1. The molecule has 0 aliphatic heterocycles. The van der Waals surface area contributed by atoms with Crippen LogP contribution < -0.4 is 10.4 Å². The maximum atomic E-state index is 12.5. The van der Waals surface area contributed by atoms with Crippen molar-refractivity contribution >= 4 is 56.4 Å². The fourth-order valence-corrected chi connectivity index (χ4v) is 2.79. The van der Waals surface area contributed by atoms with Crippen molar-refractivity contribution in [3.63, 3.8) is 0 Å². The van der Waals surface area contributed by atoms with Gasteiger partial charge in [-0.3, -0.25) is 9.35 Å². The van der Waals surface area contributed by atoms with E-state index in [0.717, 1.165) is 12.1 Å². The van der Waals surface area contributed by atoms with E-state index >= 15 is 0 Å². The molecule has 0 amide bonds. The Bertz CT molecular complexity index is 1130. The van der Waals surface area contributed by atoms with Crippen LogP contribution in [-0.4, -0.2) is 55.4 Å². The summed E-state index contributed by atoms with van der Waals surface area (Å²) in [6.07, 6.45) is 0. The molecule has 0 spiro atoms. The minimum atomic E-state index is -4.36. The van der Waals surface area contributed by atoms with Crippen molar-refractivity contribution in [3.8, 4) is 5.75 Å². The van der Waals surface area contributed by atoms with E-state index in [1.807, 2.05) is 0 Å². The fourth-order valence-electron chi connectivity index (χ4n) is 2.31. The molecule has 3 aromatic rings. The number of fused-ring (bicyclic) bond motifs is 1. The minimum absolute atomic E-state index is 0. The molecule has 0 aliphatic carbocycles. The van der Waals surface area contributed by atoms with Crippen molar-refractivity contribution < 1.29 is 26.9 Å². The van der Waals surface area contributed by atoms with Crippen LogP contribution in [0.15, 0.2) is 62.6 Å². The average molecular weight is 384 g/mol. The number of ether oxygens (including phenoxy) is 1. The van der Waals surface area contributed by atoms with Crippen LogP contribution in [0.3, 0.4) is 0 Å². The second kappa shape index (κ2) is 7.73. The monoisotopic (exact) mass is 384 g/mol. The van der Waals surface area contributed by atoms with Gasteiger partial charge >= 0.3 is 35.2 Å². The zero-order chi connectivity index (χ0) is 18.2. The number of benzene rings is 2. The third-order valence-corrected chi connectivity index (χ3v) is 4.47. The number of ketones is 1. The quantitative estimate of drug-likeness (QED) is 0.315. The van der Waals surface area contributed by atoms with E-state index < -0.39 is 21.5 Å². The Morgan fingerprint density at radius 3 is 2.31 bits per heavy atom. The van der Waals surface area contributed by atoms with E-state index in [-0.39, 0.29) is 51.2 Å². The van der Waals surface area contributed by atoms with E-state index in [1.54, 1.807) is 12.1 Å². The number of rotatable bonds is 4. The molecule has 26 heavy (non-hydrogen) atoms. The first-order valence-electron chi connectivity index (χ1n) is 7.04. The molecule has 1 aromatic heterocycles. The van der Waals surface area contributed by atoms with Crippen LogP contribution in [-0.2, 0) is 10.1 Å². The van der Waals surface area contributed by atoms with Crippen LogP contribution in [0.1, 0.15) is 15.9 Å². The van der Waals surface area contributed by atoms with Crippen LogP contribution in [0.2, 0.25) is 0 Å². The molecule has 0 fully saturated rings. The van der Waals surface area contributed by atoms with Gasteiger partial charge in [0.05, 0.1) is 12.0 Å². The zero-order valence-corrected chi connectivity index (χ0v) is 13.7. The molecular weight excluding hydrogens is 371 g/mol. The van der Waals surface area contributed by atoms with Crippen LogP contribution in [0.25, 0.3) is 11.0 Å². The van der Waals surface area contributed by atoms with Crippen molar-refractivity contribution in [1.29, 1.82) is 0 Å². The Hall–Kier alpha value is -1.97. The number of methoxy groups -OCH3 is 1. The Kier molecular flexibility index (Phi) is 6.05. The molecule has 1 heterocycles. The Morgan fingerprint density at radius 2 is 1.73 bits per heavy atom. The molecule has 2 aromatic carbocycles. The summed E-state index contributed by atoms with van der Waals surface area (Å²) in [5.74, 6) is -0.108. The number of carbonyl (C=O) groups excluding carboxylic acids is 1. The molecule has 3 rings (SSSR count).